The van der Waals surface area contributed by atoms with Gasteiger partial charge in [0.05, 0.1) is 22.0 Å². The summed E-state index contributed by atoms with van der Waals surface area (Å²) in [4.78, 5) is 17.5. The second-order valence-corrected chi connectivity index (χ2v) is 7.51. The first kappa shape index (κ1) is 18.6. The van der Waals surface area contributed by atoms with Gasteiger partial charge in [-0.15, -0.1) is 0 Å². The molecular weight excluding hydrogens is 374 g/mol. The number of hydrogen-bond donors (Lipinski definition) is 1. The van der Waals surface area contributed by atoms with Gasteiger partial charge in [-0.3, -0.25) is 4.79 Å². The summed E-state index contributed by atoms with van der Waals surface area (Å²) in [5.41, 5.74) is 3.32. The lowest BCUT2D eigenvalue weighted by Gasteiger charge is -2.15. The highest BCUT2D eigenvalue weighted by Gasteiger charge is 2.18. The standard InChI is InChI=1S/C22H22ClN3O2/c1-4-20-25-18-7-5-6-8-19(18)26(20)12-13(2)22(27)24-16-10-15-9-14(3)28-21(15)17(23)11-16/h5-11,13H,4,12H2,1-3H3,(H,24,27). The molecular formula is C22H22ClN3O2. The van der Waals surface area contributed by atoms with Crippen LogP contribution in [0.25, 0.3) is 22.0 Å². The molecule has 2 heterocycles. The van der Waals surface area contributed by atoms with Crippen molar-refractivity contribution in [1.82, 2.24) is 9.55 Å². The summed E-state index contributed by atoms with van der Waals surface area (Å²) in [7, 11) is 0. The molecule has 144 valence electrons. The molecule has 0 saturated heterocycles. The summed E-state index contributed by atoms with van der Waals surface area (Å²) < 4.78 is 7.72. The third-order valence-electron chi connectivity index (χ3n) is 4.92. The van der Waals surface area contributed by atoms with Crippen LogP contribution in [0, 0.1) is 12.8 Å². The number of para-hydroxylation sites is 2. The molecule has 0 bridgehead atoms. The van der Waals surface area contributed by atoms with Gasteiger partial charge in [0.25, 0.3) is 0 Å². The first-order valence-corrected chi connectivity index (χ1v) is 9.78. The van der Waals surface area contributed by atoms with Gasteiger partial charge in [0.15, 0.2) is 5.58 Å². The summed E-state index contributed by atoms with van der Waals surface area (Å²) >= 11 is 6.30. The van der Waals surface area contributed by atoms with E-state index in [4.69, 9.17) is 16.0 Å². The van der Waals surface area contributed by atoms with Crippen molar-refractivity contribution in [1.29, 1.82) is 0 Å². The second kappa shape index (κ2) is 7.32. The lowest BCUT2D eigenvalue weighted by atomic mass is 10.1. The molecule has 5 nitrogen and oxygen atoms in total. The van der Waals surface area contributed by atoms with Gasteiger partial charge in [-0.2, -0.15) is 0 Å². The number of furan rings is 1. The molecule has 28 heavy (non-hydrogen) atoms. The Kier molecular flexibility index (Phi) is 4.85. The Morgan fingerprint density at radius 1 is 1.29 bits per heavy atom. The zero-order chi connectivity index (χ0) is 19.8. The molecule has 1 unspecified atom stereocenters. The Hall–Kier alpha value is -2.79. The van der Waals surface area contributed by atoms with Gasteiger partial charge in [-0.1, -0.05) is 37.6 Å². The van der Waals surface area contributed by atoms with E-state index in [1.54, 1.807) is 6.07 Å². The predicted octanol–water partition coefficient (Wildman–Crippen LogP) is 5.58. The SMILES string of the molecule is CCc1nc2ccccc2n1CC(C)C(=O)Nc1cc(Cl)c2oc(C)cc2c1. The first-order valence-electron chi connectivity index (χ1n) is 9.41. The van der Waals surface area contributed by atoms with Gasteiger partial charge >= 0.3 is 0 Å². The van der Waals surface area contributed by atoms with E-state index in [0.717, 1.165) is 34.4 Å². The number of aryl methyl sites for hydroxylation is 2. The largest absolute Gasteiger partial charge is 0.460 e. The molecule has 0 aliphatic heterocycles. The molecule has 0 spiro atoms. The third-order valence-corrected chi connectivity index (χ3v) is 5.20. The summed E-state index contributed by atoms with van der Waals surface area (Å²) in [5, 5.41) is 4.35. The van der Waals surface area contributed by atoms with Crippen LogP contribution in [0.2, 0.25) is 5.02 Å². The van der Waals surface area contributed by atoms with E-state index in [2.05, 4.69) is 21.8 Å². The number of rotatable bonds is 5. The molecule has 1 N–H and O–H groups in total. The van der Waals surface area contributed by atoms with E-state index < -0.39 is 0 Å². The fraction of sp³-hybridized carbons (Fsp3) is 0.273. The van der Waals surface area contributed by atoms with E-state index in [9.17, 15) is 4.79 Å². The minimum atomic E-state index is -0.233. The molecule has 0 saturated carbocycles. The first-order chi connectivity index (χ1) is 13.5. The van der Waals surface area contributed by atoms with Crippen LogP contribution < -0.4 is 5.32 Å². The zero-order valence-corrected chi connectivity index (χ0v) is 16.9. The average molecular weight is 396 g/mol. The summed E-state index contributed by atoms with van der Waals surface area (Å²) in [6.07, 6.45) is 0.815. The number of anilines is 1. The summed E-state index contributed by atoms with van der Waals surface area (Å²) in [6, 6.07) is 13.5. The van der Waals surface area contributed by atoms with E-state index >= 15 is 0 Å². The van der Waals surface area contributed by atoms with E-state index in [1.807, 2.05) is 50.2 Å². The quantitative estimate of drug-likeness (QED) is 0.479. The fourth-order valence-corrected chi connectivity index (χ4v) is 3.80. The number of hydrogen-bond acceptors (Lipinski definition) is 3. The number of nitrogens with one attached hydrogen (secondary N) is 1. The number of carbonyl (C=O) groups is 1. The topological polar surface area (TPSA) is 60.1 Å². The number of aromatic nitrogens is 2. The summed E-state index contributed by atoms with van der Waals surface area (Å²) in [5.74, 6) is 1.48. The van der Waals surface area contributed by atoms with Gasteiger partial charge in [-0.05, 0) is 37.3 Å². The minimum absolute atomic E-state index is 0.0598. The van der Waals surface area contributed by atoms with Crippen molar-refractivity contribution in [3.63, 3.8) is 0 Å². The highest BCUT2D eigenvalue weighted by atomic mass is 35.5. The lowest BCUT2D eigenvalue weighted by molar-refractivity contribution is -0.119. The number of halogens is 1. The van der Waals surface area contributed by atoms with Crippen molar-refractivity contribution < 1.29 is 9.21 Å². The van der Waals surface area contributed by atoms with Crippen LogP contribution in [0.5, 0.6) is 0 Å². The summed E-state index contributed by atoms with van der Waals surface area (Å²) in [6.45, 7) is 6.44. The Labute approximate surface area is 168 Å². The van der Waals surface area contributed by atoms with Crippen molar-refractivity contribution in [3.05, 3.63) is 59.1 Å². The molecule has 4 rings (SSSR count). The zero-order valence-electron chi connectivity index (χ0n) is 16.1. The van der Waals surface area contributed by atoms with Crippen molar-refractivity contribution in [3.8, 4) is 0 Å². The number of amides is 1. The molecule has 1 amide bonds. The van der Waals surface area contributed by atoms with Crippen LogP contribution in [0.4, 0.5) is 5.69 Å². The van der Waals surface area contributed by atoms with Crippen LogP contribution in [0.3, 0.4) is 0 Å². The van der Waals surface area contributed by atoms with Gasteiger partial charge < -0.3 is 14.3 Å². The molecule has 4 aromatic rings. The van der Waals surface area contributed by atoms with Gasteiger partial charge in [-0.25, -0.2) is 4.98 Å². The maximum absolute atomic E-state index is 12.8. The van der Waals surface area contributed by atoms with Crippen LogP contribution in [-0.2, 0) is 17.8 Å². The third kappa shape index (κ3) is 3.38. The van der Waals surface area contributed by atoms with Crippen molar-refractivity contribution in [2.45, 2.75) is 33.7 Å². The number of nitrogens with zero attached hydrogens (tertiary/aromatic N) is 2. The molecule has 0 aliphatic rings. The molecule has 0 fully saturated rings. The fourth-order valence-electron chi connectivity index (χ4n) is 3.53. The molecule has 2 aromatic carbocycles. The van der Waals surface area contributed by atoms with Gasteiger partial charge in [0.1, 0.15) is 11.6 Å². The normalized spacial score (nSPS) is 12.6. The van der Waals surface area contributed by atoms with Crippen LogP contribution in [0.15, 0.2) is 46.9 Å². The minimum Gasteiger partial charge on any atom is -0.460 e. The van der Waals surface area contributed by atoms with E-state index in [1.165, 1.54) is 0 Å². The molecule has 0 aliphatic carbocycles. The van der Waals surface area contributed by atoms with Crippen LogP contribution >= 0.6 is 11.6 Å². The molecule has 6 heteroatoms. The van der Waals surface area contributed by atoms with E-state index in [0.29, 0.717) is 22.8 Å². The maximum atomic E-state index is 12.8. The Balaban J connectivity index is 1.56. The molecule has 2 aromatic heterocycles. The van der Waals surface area contributed by atoms with Crippen LogP contribution in [0.1, 0.15) is 25.4 Å². The monoisotopic (exact) mass is 395 g/mol. The predicted molar refractivity (Wildman–Crippen MR) is 113 cm³/mol. The maximum Gasteiger partial charge on any atom is 0.229 e. The van der Waals surface area contributed by atoms with E-state index in [-0.39, 0.29) is 11.8 Å². The lowest BCUT2D eigenvalue weighted by Crippen LogP contribution is -2.25. The number of imidazole rings is 1. The number of fused-ring (bicyclic) bond motifs is 2. The highest BCUT2D eigenvalue weighted by Crippen LogP contribution is 2.30. The van der Waals surface area contributed by atoms with Gasteiger partial charge in [0, 0.05) is 24.0 Å². The van der Waals surface area contributed by atoms with Gasteiger partial charge in [0.2, 0.25) is 5.91 Å². The van der Waals surface area contributed by atoms with Crippen molar-refractivity contribution in [2.24, 2.45) is 5.92 Å². The Morgan fingerprint density at radius 2 is 2.07 bits per heavy atom. The Bertz CT molecular complexity index is 1180. The Morgan fingerprint density at radius 3 is 2.86 bits per heavy atom. The van der Waals surface area contributed by atoms with Crippen molar-refractivity contribution in [2.75, 3.05) is 5.32 Å². The average Bonchev–Trinajstić information content (AvgIpc) is 3.22. The highest BCUT2D eigenvalue weighted by molar-refractivity contribution is 6.35. The number of carbonyl (C=O) groups excluding carboxylic acids is 1. The molecule has 1 atom stereocenters. The smallest absolute Gasteiger partial charge is 0.229 e. The van der Waals surface area contributed by atoms with Crippen molar-refractivity contribution >= 4 is 45.2 Å². The number of benzene rings is 2. The van der Waals surface area contributed by atoms with Crippen LogP contribution in [-0.4, -0.2) is 15.5 Å². The molecule has 0 radical (unpaired) electrons. The second-order valence-electron chi connectivity index (χ2n) is 7.10.